The van der Waals surface area contributed by atoms with Crippen molar-refractivity contribution in [3.8, 4) is 0 Å². The summed E-state index contributed by atoms with van der Waals surface area (Å²) < 4.78 is 5.21. The number of hydrogen-bond donors (Lipinski definition) is 0. The summed E-state index contributed by atoms with van der Waals surface area (Å²) in [6.07, 6.45) is 0. The molecular weight excluding hydrogens is 605 g/mol. The Kier molecular flexibility index (Phi) is 4.41. The molecule has 0 unspecified atom stereocenters. The smallest absolute Gasteiger partial charge is 0.0634 e. The summed E-state index contributed by atoms with van der Waals surface area (Å²) in [6, 6.07) is 59.0. The lowest BCUT2D eigenvalue weighted by molar-refractivity contribution is 1.38. The first-order valence-corrected chi connectivity index (χ1v) is 17.5. The van der Waals surface area contributed by atoms with Crippen LogP contribution in [0.3, 0.4) is 0 Å². The summed E-state index contributed by atoms with van der Waals surface area (Å²) in [5, 5.41) is 20.7. The zero-order chi connectivity index (χ0) is 32.2. The average Bonchev–Trinajstić information content (AvgIpc) is 3.91. The van der Waals surface area contributed by atoms with Gasteiger partial charge in [-0.2, -0.15) is 0 Å². The average molecular weight is 631 g/mol. The fourth-order valence-electron chi connectivity index (χ4n) is 9.95. The van der Waals surface area contributed by atoms with Crippen LogP contribution in [0.5, 0.6) is 0 Å². The predicted octanol–water partition coefficient (Wildman–Crippen LogP) is 13.2. The zero-order valence-corrected chi connectivity index (χ0v) is 26.9. The Labute approximate surface area is 284 Å². The van der Waals surface area contributed by atoms with E-state index in [1.54, 1.807) is 0 Å². The van der Waals surface area contributed by atoms with Gasteiger partial charge in [0.25, 0.3) is 0 Å². The molecule has 0 atom stereocenters. The molecule has 13 aromatic rings. The molecule has 0 aliphatic rings. The lowest BCUT2D eigenvalue weighted by atomic mass is 9.91. The van der Waals surface area contributed by atoms with Crippen molar-refractivity contribution >= 4 is 119 Å². The minimum atomic E-state index is 1.25. The van der Waals surface area contributed by atoms with Crippen molar-refractivity contribution in [3.63, 3.8) is 0 Å². The van der Waals surface area contributed by atoms with Crippen LogP contribution in [-0.2, 0) is 0 Å². The Morgan fingerprint density at radius 3 is 0.900 bits per heavy atom. The second kappa shape index (κ2) is 8.68. The molecule has 0 amide bonds. The molecule has 0 N–H and O–H groups in total. The number of benzene rings is 8. The van der Waals surface area contributed by atoms with Crippen LogP contribution in [0.15, 0.2) is 158 Å². The Morgan fingerprint density at radius 2 is 0.480 bits per heavy atom. The molecular formula is C48H26N2. The number of fused-ring (bicyclic) bond motifs is 23. The van der Waals surface area contributed by atoms with Gasteiger partial charge in [0.05, 0.1) is 33.1 Å². The topological polar surface area (TPSA) is 8.82 Å². The first kappa shape index (κ1) is 25.4. The Hall–Kier alpha value is -6.64. The maximum absolute atomic E-state index is 2.60. The predicted molar refractivity (Wildman–Crippen MR) is 215 cm³/mol. The first-order chi connectivity index (χ1) is 24.9. The monoisotopic (exact) mass is 630 g/mol. The second-order valence-electron chi connectivity index (χ2n) is 13.9. The van der Waals surface area contributed by atoms with Crippen LogP contribution >= 0.6 is 0 Å². The van der Waals surface area contributed by atoms with E-state index in [9.17, 15) is 0 Å². The molecule has 9 aromatic carbocycles. The lowest BCUT2D eigenvalue weighted by Gasteiger charge is -2.14. The fourth-order valence-corrected chi connectivity index (χ4v) is 9.95. The molecule has 13 rings (SSSR count). The number of hydrogen-bond acceptors (Lipinski definition) is 0. The van der Waals surface area contributed by atoms with Gasteiger partial charge in [-0.3, -0.25) is 0 Å². The lowest BCUT2D eigenvalue weighted by Crippen LogP contribution is -1.90. The molecule has 4 heterocycles. The van der Waals surface area contributed by atoms with Crippen LogP contribution in [-0.4, -0.2) is 8.80 Å². The van der Waals surface area contributed by atoms with E-state index in [2.05, 4.69) is 167 Å². The second-order valence-corrected chi connectivity index (χ2v) is 13.9. The van der Waals surface area contributed by atoms with Crippen LogP contribution in [0.2, 0.25) is 0 Å². The molecule has 0 aliphatic heterocycles. The Morgan fingerprint density at radius 1 is 0.200 bits per heavy atom. The van der Waals surface area contributed by atoms with Gasteiger partial charge in [0.1, 0.15) is 0 Å². The molecule has 0 radical (unpaired) electrons. The van der Waals surface area contributed by atoms with Gasteiger partial charge in [-0.1, -0.05) is 146 Å². The third-order valence-electron chi connectivity index (χ3n) is 11.7. The fraction of sp³-hybridized carbons (Fsp3) is 0. The summed E-state index contributed by atoms with van der Waals surface area (Å²) in [7, 11) is 0. The van der Waals surface area contributed by atoms with Gasteiger partial charge in [-0.15, -0.1) is 0 Å². The summed E-state index contributed by atoms with van der Waals surface area (Å²) in [4.78, 5) is 0. The maximum atomic E-state index is 2.60. The van der Waals surface area contributed by atoms with Crippen molar-refractivity contribution in [2.24, 2.45) is 0 Å². The molecule has 2 heteroatoms. The Bertz CT molecular complexity index is 3410. The van der Waals surface area contributed by atoms with Gasteiger partial charge in [0.15, 0.2) is 0 Å². The molecule has 0 saturated heterocycles. The number of nitrogens with zero attached hydrogens (tertiary/aromatic N) is 2. The van der Waals surface area contributed by atoms with E-state index in [0.29, 0.717) is 0 Å². The summed E-state index contributed by atoms with van der Waals surface area (Å²) >= 11 is 0. The highest BCUT2D eigenvalue weighted by Gasteiger charge is 2.28. The minimum absolute atomic E-state index is 1.25. The third kappa shape index (κ3) is 2.76. The normalized spacial score (nSPS) is 12.8. The molecule has 0 bridgehead atoms. The molecule has 0 saturated carbocycles. The van der Waals surface area contributed by atoms with Crippen molar-refractivity contribution in [1.29, 1.82) is 0 Å². The minimum Gasteiger partial charge on any atom is -0.307 e. The molecule has 50 heavy (non-hydrogen) atoms. The van der Waals surface area contributed by atoms with Crippen LogP contribution < -0.4 is 0 Å². The van der Waals surface area contributed by atoms with Gasteiger partial charge >= 0.3 is 0 Å². The quantitative estimate of drug-likeness (QED) is 0.158. The molecule has 0 aliphatic carbocycles. The largest absolute Gasteiger partial charge is 0.307 e. The van der Waals surface area contributed by atoms with E-state index < -0.39 is 0 Å². The van der Waals surface area contributed by atoms with Gasteiger partial charge in [0, 0.05) is 53.9 Å². The molecule has 2 nitrogen and oxygen atoms in total. The molecule has 228 valence electrons. The summed E-state index contributed by atoms with van der Waals surface area (Å²) in [5.74, 6) is 0. The number of rotatable bonds is 0. The van der Waals surface area contributed by atoms with Crippen molar-refractivity contribution in [2.45, 2.75) is 0 Å². The maximum Gasteiger partial charge on any atom is 0.0634 e. The van der Waals surface area contributed by atoms with Crippen LogP contribution in [0.25, 0.3) is 119 Å². The van der Waals surface area contributed by atoms with Crippen LogP contribution in [0.4, 0.5) is 0 Å². The van der Waals surface area contributed by atoms with E-state index in [1.165, 1.54) is 119 Å². The zero-order valence-electron chi connectivity index (χ0n) is 26.9. The van der Waals surface area contributed by atoms with Gasteiger partial charge in [-0.25, -0.2) is 0 Å². The van der Waals surface area contributed by atoms with E-state index in [1.807, 2.05) is 0 Å². The SMILES string of the molecule is c1ccc2c(c1)c1ccccc1c1c(c3ccccc23)c2c(c3cccc4c5ccccc5n2c43)c2c3cccc4c5ccccc5n(c43)c12. The van der Waals surface area contributed by atoms with Crippen LogP contribution in [0.1, 0.15) is 0 Å². The first-order valence-electron chi connectivity index (χ1n) is 17.5. The highest BCUT2D eigenvalue weighted by atomic mass is 14.9. The highest BCUT2D eigenvalue weighted by Crippen LogP contribution is 2.52. The van der Waals surface area contributed by atoms with E-state index in [0.717, 1.165) is 0 Å². The van der Waals surface area contributed by atoms with Gasteiger partial charge < -0.3 is 8.80 Å². The number of aromatic nitrogens is 2. The van der Waals surface area contributed by atoms with Crippen LogP contribution in [0, 0.1) is 0 Å². The van der Waals surface area contributed by atoms with Crippen molar-refractivity contribution in [1.82, 2.24) is 8.80 Å². The highest BCUT2D eigenvalue weighted by molar-refractivity contribution is 6.46. The molecule has 4 aromatic heterocycles. The Balaban J connectivity index is 1.56. The van der Waals surface area contributed by atoms with Gasteiger partial charge in [-0.05, 0) is 44.5 Å². The molecule has 0 spiro atoms. The van der Waals surface area contributed by atoms with E-state index >= 15 is 0 Å². The standard InChI is InChI=1S/C48H26N2/c1-2-14-28-27(13-1)29-15-3-5-19-33(29)41-42(34-20-6-4-16-30(28)34)48-44(38-24-12-22-36-32-18-8-10-26-40(32)50(48)46(36)38)43-37-23-11-21-35-31-17-7-9-25-39(31)49(45(35)37)47(41)43/h1-26H. The van der Waals surface area contributed by atoms with E-state index in [4.69, 9.17) is 0 Å². The van der Waals surface area contributed by atoms with Crippen molar-refractivity contribution in [3.05, 3.63) is 158 Å². The van der Waals surface area contributed by atoms with Crippen molar-refractivity contribution < 1.29 is 0 Å². The number of para-hydroxylation sites is 4. The summed E-state index contributed by atoms with van der Waals surface area (Å²) in [5.41, 5.74) is 7.71. The molecule has 0 fully saturated rings. The van der Waals surface area contributed by atoms with E-state index in [-0.39, 0.29) is 0 Å². The summed E-state index contributed by atoms with van der Waals surface area (Å²) in [6.45, 7) is 0. The third-order valence-corrected chi connectivity index (χ3v) is 11.7. The van der Waals surface area contributed by atoms with Crippen molar-refractivity contribution in [2.75, 3.05) is 0 Å². The van der Waals surface area contributed by atoms with Gasteiger partial charge in [0.2, 0.25) is 0 Å².